The fourth-order valence-electron chi connectivity index (χ4n) is 3.44. The molecule has 2 aliphatic heterocycles. The van der Waals surface area contributed by atoms with Crippen molar-refractivity contribution in [3.8, 4) is 0 Å². The Morgan fingerprint density at radius 1 is 1.00 bits per heavy atom. The Labute approximate surface area is 167 Å². The zero-order valence-corrected chi connectivity index (χ0v) is 16.1. The molecule has 2 aromatic carbocycles. The van der Waals surface area contributed by atoms with E-state index in [2.05, 4.69) is 10.5 Å². The smallest absolute Gasteiger partial charge is 0.321 e. The summed E-state index contributed by atoms with van der Waals surface area (Å²) < 4.78 is 0. The van der Waals surface area contributed by atoms with Crippen molar-refractivity contribution in [2.24, 2.45) is 5.16 Å². The molecule has 2 aliphatic rings. The van der Waals surface area contributed by atoms with Gasteiger partial charge in [-0.05, 0) is 42.0 Å². The minimum absolute atomic E-state index is 0.107. The molecule has 1 N–H and O–H groups in total. The molecule has 0 aromatic heterocycles. The highest BCUT2D eigenvalue weighted by Crippen LogP contribution is 2.36. The molecule has 2 aromatic rings. The Balaban J connectivity index is 1.33. The largest absolute Gasteiger partial charge is 0.388 e. The average molecular weight is 404 g/mol. The van der Waals surface area contributed by atoms with Crippen LogP contribution in [0.3, 0.4) is 0 Å². The van der Waals surface area contributed by atoms with Crippen molar-refractivity contribution in [2.75, 3.05) is 18.4 Å². The lowest BCUT2D eigenvalue weighted by Crippen LogP contribution is -2.48. The SMILES string of the molecule is O=C(Nc1ccc(Cl)cc1)N1CCC2(CC1)CC(c1ccc(Cl)cc1)=NO2. The predicted octanol–water partition coefficient (Wildman–Crippen LogP) is 5.18. The van der Waals surface area contributed by atoms with E-state index in [4.69, 9.17) is 28.0 Å². The van der Waals surface area contributed by atoms with Crippen LogP contribution in [0.15, 0.2) is 53.7 Å². The summed E-state index contributed by atoms with van der Waals surface area (Å²) in [4.78, 5) is 20.1. The molecule has 0 unspecified atom stereocenters. The molecule has 0 atom stereocenters. The Morgan fingerprint density at radius 3 is 2.22 bits per heavy atom. The molecule has 1 saturated heterocycles. The van der Waals surface area contributed by atoms with Crippen LogP contribution in [0.1, 0.15) is 24.8 Å². The van der Waals surface area contributed by atoms with E-state index in [1.807, 2.05) is 29.2 Å². The van der Waals surface area contributed by atoms with Gasteiger partial charge in [-0.15, -0.1) is 0 Å². The van der Waals surface area contributed by atoms with Crippen molar-refractivity contribution in [1.29, 1.82) is 0 Å². The number of anilines is 1. The molecule has 1 fully saturated rings. The van der Waals surface area contributed by atoms with Crippen molar-refractivity contribution in [3.63, 3.8) is 0 Å². The van der Waals surface area contributed by atoms with Gasteiger partial charge in [0.25, 0.3) is 0 Å². The molecule has 0 bridgehead atoms. The van der Waals surface area contributed by atoms with Crippen molar-refractivity contribution in [2.45, 2.75) is 24.9 Å². The van der Waals surface area contributed by atoms with Crippen LogP contribution in [-0.4, -0.2) is 35.3 Å². The first-order valence-electron chi connectivity index (χ1n) is 8.86. The van der Waals surface area contributed by atoms with E-state index in [9.17, 15) is 4.79 Å². The molecule has 7 heteroatoms. The van der Waals surface area contributed by atoms with Gasteiger partial charge in [0.1, 0.15) is 5.60 Å². The first-order chi connectivity index (χ1) is 13.0. The minimum atomic E-state index is -0.313. The molecular weight excluding hydrogens is 385 g/mol. The van der Waals surface area contributed by atoms with Crippen LogP contribution >= 0.6 is 23.2 Å². The van der Waals surface area contributed by atoms with E-state index in [1.54, 1.807) is 24.3 Å². The molecule has 1 spiro atoms. The van der Waals surface area contributed by atoms with Crippen LogP contribution in [0.4, 0.5) is 10.5 Å². The number of hydrogen-bond donors (Lipinski definition) is 1. The normalized spacial score (nSPS) is 18.1. The standard InChI is InChI=1S/C20H19Cl2N3O2/c21-15-3-1-14(2-4-15)18-13-20(27-24-18)9-11-25(12-10-20)19(26)23-17-7-5-16(22)6-8-17/h1-8H,9-13H2,(H,23,26). The lowest BCUT2D eigenvalue weighted by molar-refractivity contribution is -0.0544. The van der Waals surface area contributed by atoms with Crippen LogP contribution in [-0.2, 0) is 4.84 Å². The molecule has 2 amide bonds. The van der Waals surface area contributed by atoms with Gasteiger partial charge in [0.05, 0.1) is 5.71 Å². The third-order valence-electron chi connectivity index (χ3n) is 5.07. The third kappa shape index (κ3) is 4.04. The van der Waals surface area contributed by atoms with Crippen molar-refractivity contribution >= 4 is 40.6 Å². The van der Waals surface area contributed by atoms with Crippen LogP contribution in [0.5, 0.6) is 0 Å². The topological polar surface area (TPSA) is 53.9 Å². The van der Waals surface area contributed by atoms with E-state index >= 15 is 0 Å². The molecule has 27 heavy (non-hydrogen) atoms. The second-order valence-electron chi connectivity index (χ2n) is 6.92. The van der Waals surface area contributed by atoms with E-state index in [-0.39, 0.29) is 11.6 Å². The summed E-state index contributed by atoms with van der Waals surface area (Å²) in [5.74, 6) is 0. The van der Waals surface area contributed by atoms with Gasteiger partial charge in [-0.1, -0.05) is 40.5 Å². The van der Waals surface area contributed by atoms with Crippen LogP contribution in [0.25, 0.3) is 0 Å². The number of rotatable bonds is 2. The highest BCUT2D eigenvalue weighted by atomic mass is 35.5. The second-order valence-corrected chi connectivity index (χ2v) is 7.79. The molecule has 2 heterocycles. The molecule has 5 nitrogen and oxygen atoms in total. The molecule has 0 radical (unpaired) electrons. The zero-order valence-electron chi connectivity index (χ0n) is 14.6. The summed E-state index contributed by atoms with van der Waals surface area (Å²) in [6.45, 7) is 1.26. The van der Waals surface area contributed by atoms with Gasteiger partial charge in [0.15, 0.2) is 0 Å². The van der Waals surface area contributed by atoms with Gasteiger partial charge >= 0.3 is 6.03 Å². The number of halogens is 2. The number of nitrogens with one attached hydrogen (secondary N) is 1. The van der Waals surface area contributed by atoms with Crippen molar-refractivity contribution in [1.82, 2.24) is 4.90 Å². The summed E-state index contributed by atoms with van der Waals surface area (Å²) in [6, 6.07) is 14.6. The second kappa shape index (κ2) is 7.41. The van der Waals surface area contributed by atoms with E-state index in [0.29, 0.717) is 23.1 Å². The number of urea groups is 1. The minimum Gasteiger partial charge on any atom is -0.388 e. The number of nitrogens with zero attached hydrogens (tertiary/aromatic N) is 2. The number of oxime groups is 1. The quantitative estimate of drug-likeness (QED) is 0.750. The molecule has 140 valence electrons. The number of carbonyl (C=O) groups excluding carboxylic acids is 1. The highest BCUT2D eigenvalue weighted by Gasteiger charge is 2.43. The first kappa shape index (κ1) is 18.1. The van der Waals surface area contributed by atoms with E-state index < -0.39 is 0 Å². The van der Waals surface area contributed by atoms with Gasteiger partial charge in [0, 0.05) is 48.1 Å². The molecule has 0 aliphatic carbocycles. The number of hydrogen-bond acceptors (Lipinski definition) is 3. The Bertz CT molecular complexity index is 858. The fraction of sp³-hybridized carbons (Fsp3) is 0.300. The number of carbonyl (C=O) groups is 1. The lowest BCUT2D eigenvalue weighted by Gasteiger charge is -2.37. The number of piperidine rings is 1. The Kier molecular flexibility index (Phi) is 4.98. The number of amides is 2. The summed E-state index contributed by atoms with van der Waals surface area (Å²) in [5.41, 5.74) is 2.38. The summed E-state index contributed by atoms with van der Waals surface area (Å²) in [6.07, 6.45) is 2.25. The molecular formula is C20H19Cl2N3O2. The Morgan fingerprint density at radius 2 is 1.59 bits per heavy atom. The van der Waals surface area contributed by atoms with Crippen LogP contribution < -0.4 is 5.32 Å². The van der Waals surface area contributed by atoms with Gasteiger partial charge in [-0.3, -0.25) is 0 Å². The van der Waals surface area contributed by atoms with Gasteiger partial charge < -0.3 is 15.1 Å². The van der Waals surface area contributed by atoms with Gasteiger partial charge in [0.2, 0.25) is 0 Å². The average Bonchev–Trinajstić information content (AvgIpc) is 3.08. The lowest BCUT2D eigenvalue weighted by atomic mass is 9.85. The molecule has 4 rings (SSSR count). The number of benzene rings is 2. The van der Waals surface area contributed by atoms with Crippen LogP contribution in [0.2, 0.25) is 10.0 Å². The fourth-order valence-corrected chi connectivity index (χ4v) is 3.69. The van der Waals surface area contributed by atoms with Crippen molar-refractivity contribution < 1.29 is 9.63 Å². The maximum absolute atomic E-state index is 12.5. The van der Waals surface area contributed by atoms with Gasteiger partial charge in [-0.2, -0.15) is 0 Å². The maximum atomic E-state index is 12.5. The van der Waals surface area contributed by atoms with Crippen molar-refractivity contribution in [3.05, 3.63) is 64.1 Å². The summed E-state index contributed by atoms with van der Waals surface area (Å²) in [7, 11) is 0. The monoisotopic (exact) mass is 403 g/mol. The van der Waals surface area contributed by atoms with Crippen LogP contribution in [0, 0.1) is 0 Å². The third-order valence-corrected chi connectivity index (χ3v) is 5.58. The van der Waals surface area contributed by atoms with E-state index in [0.717, 1.165) is 36.2 Å². The summed E-state index contributed by atoms with van der Waals surface area (Å²) >= 11 is 11.8. The summed E-state index contributed by atoms with van der Waals surface area (Å²) in [5, 5.41) is 8.55. The Hall–Kier alpha value is -2.24. The molecule has 0 saturated carbocycles. The highest BCUT2D eigenvalue weighted by molar-refractivity contribution is 6.31. The first-order valence-corrected chi connectivity index (χ1v) is 9.61. The number of likely N-dealkylation sites (tertiary alicyclic amines) is 1. The zero-order chi connectivity index (χ0) is 18.9. The van der Waals surface area contributed by atoms with Gasteiger partial charge in [-0.25, -0.2) is 4.79 Å². The maximum Gasteiger partial charge on any atom is 0.321 e. The van der Waals surface area contributed by atoms with E-state index in [1.165, 1.54) is 0 Å². The predicted molar refractivity (Wildman–Crippen MR) is 108 cm³/mol.